The van der Waals surface area contributed by atoms with E-state index >= 15 is 0 Å². The Morgan fingerprint density at radius 1 is 0.304 bits per heavy atom. The number of phosphoric acid groups is 2. The Morgan fingerprint density at radius 3 is 0.848 bits per heavy atom. The van der Waals surface area contributed by atoms with Gasteiger partial charge in [0.05, 0.1) is 26.4 Å². The Morgan fingerprint density at radius 2 is 0.533 bits per heavy atom. The molecule has 0 radical (unpaired) electrons. The fourth-order valence-electron chi connectivity index (χ4n) is 10.4. The number of aliphatic hydroxyl groups excluding tert-OH is 1. The highest BCUT2D eigenvalue weighted by atomic mass is 31.2. The molecule has 0 heterocycles. The van der Waals surface area contributed by atoms with Crippen LogP contribution in [0, 0.1) is 0 Å². The van der Waals surface area contributed by atoms with Gasteiger partial charge >= 0.3 is 39.5 Å². The van der Waals surface area contributed by atoms with Crippen molar-refractivity contribution in [2.45, 2.75) is 367 Å². The van der Waals surface area contributed by atoms with E-state index in [1.807, 2.05) is 0 Å². The maximum atomic E-state index is 13.0. The van der Waals surface area contributed by atoms with Crippen molar-refractivity contribution in [2.75, 3.05) is 39.6 Å². The van der Waals surface area contributed by atoms with Crippen molar-refractivity contribution in [3.05, 3.63) is 36.5 Å². The number of phosphoric ester groups is 2. The van der Waals surface area contributed by atoms with Crippen LogP contribution in [0.1, 0.15) is 349 Å². The van der Waals surface area contributed by atoms with E-state index < -0.39 is 97.5 Å². The van der Waals surface area contributed by atoms with Gasteiger partial charge in [0.15, 0.2) is 12.2 Å². The molecular weight excluding hydrogens is 1210 g/mol. The minimum atomic E-state index is -4.96. The minimum absolute atomic E-state index is 0.0876. The summed E-state index contributed by atoms with van der Waals surface area (Å²) in [4.78, 5) is 72.6. The molecular formula is C73H136O17P2. The lowest BCUT2D eigenvalue weighted by Crippen LogP contribution is -2.30. The number of ether oxygens (including phenoxy) is 4. The predicted molar refractivity (Wildman–Crippen MR) is 372 cm³/mol. The second-order valence-corrected chi connectivity index (χ2v) is 28.2. The minimum Gasteiger partial charge on any atom is -0.462 e. The summed E-state index contributed by atoms with van der Waals surface area (Å²) < 4.78 is 68.3. The van der Waals surface area contributed by atoms with Crippen molar-refractivity contribution < 1.29 is 80.2 Å². The third kappa shape index (κ3) is 65.9. The van der Waals surface area contributed by atoms with Crippen LogP contribution in [0.15, 0.2) is 36.5 Å². The first-order valence-corrected chi connectivity index (χ1v) is 40.2. The molecule has 17 nitrogen and oxygen atoms in total. The zero-order valence-electron chi connectivity index (χ0n) is 58.7. The normalized spacial score (nSPS) is 14.2. The standard InChI is InChI=1S/C73H136O17P2/c1-5-9-13-17-21-25-29-32-33-36-39-42-46-50-54-58-71(76)84-64-69(90-73(78)60-56-52-48-44-40-35-31-27-23-19-15-11-7-3)66-88-92(81,82)86-62-67(74)61-85-91(79,80)87-65-68(89-72(77)59-55-51-47-43-37-28-24-20-16-12-8-4)63-83-70(75)57-53-49-45-41-38-34-30-26-22-18-14-10-6-2/h21,25,27,31-33,67-69,74H,5-20,22-24,26,28-30,34-66H2,1-4H3,(H,79,80)(H,81,82)/b25-21-,31-27-,33-32-. The lowest BCUT2D eigenvalue weighted by molar-refractivity contribution is -0.161. The van der Waals surface area contributed by atoms with E-state index in [0.29, 0.717) is 25.7 Å². The van der Waals surface area contributed by atoms with Crippen LogP contribution in [-0.4, -0.2) is 96.7 Å². The molecule has 0 aromatic rings. The maximum Gasteiger partial charge on any atom is 0.472 e. The van der Waals surface area contributed by atoms with Gasteiger partial charge in [0.1, 0.15) is 19.3 Å². The molecule has 5 atom stereocenters. The zero-order chi connectivity index (χ0) is 67.5. The first-order valence-electron chi connectivity index (χ1n) is 37.2. The van der Waals surface area contributed by atoms with Gasteiger partial charge in [-0.1, -0.05) is 276 Å². The number of unbranched alkanes of at least 4 members (excludes halogenated alkanes) is 39. The SMILES string of the molecule is CCCCC/C=C\C/C=C\CCCCCCCC(=O)OCC(COP(=O)(O)OCC(O)COP(=O)(O)OCC(COC(=O)CCCCCCCCCCCCCCC)OC(=O)CCCCCCCCCCCCC)OC(=O)CCCCCCC/C=C\CCCCCC. The van der Waals surface area contributed by atoms with Gasteiger partial charge in [0.2, 0.25) is 0 Å². The van der Waals surface area contributed by atoms with E-state index in [4.69, 9.17) is 37.0 Å². The molecule has 0 aliphatic carbocycles. The van der Waals surface area contributed by atoms with Crippen LogP contribution in [-0.2, 0) is 65.4 Å². The van der Waals surface area contributed by atoms with E-state index in [-0.39, 0.29) is 25.7 Å². The molecule has 0 rings (SSSR count). The molecule has 0 saturated carbocycles. The van der Waals surface area contributed by atoms with Gasteiger partial charge in [-0.3, -0.25) is 37.3 Å². The summed E-state index contributed by atoms with van der Waals surface area (Å²) in [5, 5.41) is 10.6. The molecule has 0 aliphatic heterocycles. The van der Waals surface area contributed by atoms with Crippen LogP contribution in [0.3, 0.4) is 0 Å². The Hall–Kier alpha value is -2.72. The van der Waals surface area contributed by atoms with Crippen LogP contribution in [0.5, 0.6) is 0 Å². The molecule has 0 aromatic carbocycles. The second-order valence-electron chi connectivity index (χ2n) is 25.2. The number of esters is 4. The number of carbonyl (C=O) groups is 4. The largest absolute Gasteiger partial charge is 0.472 e. The highest BCUT2D eigenvalue weighted by Gasteiger charge is 2.30. The first kappa shape index (κ1) is 89.3. The summed E-state index contributed by atoms with van der Waals surface area (Å²) in [6.45, 7) is 4.85. The lowest BCUT2D eigenvalue weighted by atomic mass is 10.0. The molecule has 0 aromatic heterocycles. The molecule has 0 bridgehead atoms. The van der Waals surface area contributed by atoms with Gasteiger partial charge in [-0.05, 0) is 83.5 Å². The number of aliphatic hydroxyl groups is 1. The van der Waals surface area contributed by atoms with Crippen molar-refractivity contribution in [3.63, 3.8) is 0 Å². The molecule has 0 aliphatic rings. The second kappa shape index (κ2) is 66.9. The quantitative estimate of drug-likeness (QED) is 0.0169. The molecule has 0 saturated heterocycles. The number of hydrogen-bond donors (Lipinski definition) is 3. The molecule has 92 heavy (non-hydrogen) atoms. The maximum absolute atomic E-state index is 13.0. The summed E-state index contributed by atoms with van der Waals surface area (Å²) in [6, 6.07) is 0. The summed E-state index contributed by atoms with van der Waals surface area (Å²) in [5.74, 6) is -2.16. The molecule has 5 unspecified atom stereocenters. The van der Waals surface area contributed by atoms with Crippen molar-refractivity contribution in [3.8, 4) is 0 Å². The summed E-state index contributed by atoms with van der Waals surface area (Å²) in [5.41, 5.74) is 0. The van der Waals surface area contributed by atoms with Gasteiger partial charge in [-0.25, -0.2) is 9.13 Å². The van der Waals surface area contributed by atoms with Gasteiger partial charge in [-0.2, -0.15) is 0 Å². The monoisotopic (exact) mass is 1350 g/mol. The van der Waals surface area contributed by atoms with Crippen molar-refractivity contribution >= 4 is 39.5 Å². The molecule has 19 heteroatoms. The Kier molecular flexibility index (Phi) is 64.9. The fraction of sp³-hybridized carbons (Fsp3) is 0.863. The molecule has 3 N–H and O–H groups in total. The van der Waals surface area contributed by atoms with E-state index in [9.17, 15) is 43.2 Å². The lowest BCUT2D eigenvalue weighted by Gasteiger charge is -2.21. The molecule has 0 fully saturated rings. The summed E-state index contributed by atoms with van der Waals surface area (Å²) >= 11 is 0. The van der Waals surface area contributed by atoms with E-state index in [0.717, 1.165) is 128 Å². The average Bonchev–Trinajstić information content (AvgIpc) is 2.73. The smallest absolute Gasteiger partial charge is 0.462 e. The number of allylic oxidation sites excluding steroid dienone is 6. The van der Waals surface area contributed by atoms with Crippen molar-refractivity contribution in [1.29, 1.82) is 0 Å². The van der Waals surface area contributed by atoms with E-state index in [1.54, 1.807) is 0 Å². The van der Waals surface area contributed by atoms with Crippen LogP contribution >= 0.6 is 15.6 Å². The topological polar surface area (TPSA) is 237 Å². The number of carbonyl (C=O) groups excluding carboxylic acids is 4. The Balaban J connectivity index is 5.29. The highest BCUT2D eigenvalue weighted by Crippen LogP contribution is 2.45. The van der Waals surface area contributed by atoms with Crippen molar-refractivity contribution in [1.82, 2.24) is 0 Å². The van der Waals surface area contributed by atoms with Crippen LogP contribution < -0.4 is 0 Å². The number of hydrogen-bond acceptors (Lipinski definition) is 15. The predicted octanol–water partition coefficient (Wildman–Crippen LogP) is 20.8. The third-order valence-electron chi connectivity index (χ3n) is 16.1. The van der Waals surface area contributed by atoms with Crippen LogP contribution in [0.4, 0.5) is 0 Å². The first-order chi connectivity index (χ1) is 44.7. The van der Waals surface area contributed by atoms with Gasteiger partial charge < -0.3 is 33.8 Å². The molecule has 540 valence electrons. The summed E-state index contributed by atoms with van der Waals surface area (Å²) in [7, 11) is -9.92. The van der Waals surface area contributed by atoms with Crippen LogP contribution in [0.25, 0.3) is 0 Å². The summed E-state index contributed by atoms with van der Waals surface area (Å²) in [6.07, 6.45) is 60.0. The van der Waals surface area contributed by atoms with E-state index in [1.165, 1.54) is 141 Å². The highest BCUT2D eigenvalue weighted by molar-refractivity contribution is 7.47. The zero-order valence-corrected chi connectivity index (χ0v) is 60.5. The molecule has 0 spiro atoms. The van der Waals surface area contributed by atoms with Crippen LogP contribution in [0.2, 0.25) is 0 Å². The van der Waals surface area contributed by atoms with Crippen molar-refractivity contribution in [2.24, 2.45) is 0 Å². The third-order valence-corrected chi connectivity index (χ3v) is 18.0. The van der Waals surface area contributed by atoms with Gasteiger partial charge in [0.25, 0.3) is 0 Å². The average molecular weight is 1350 g/mol. The van der Waals surface area contributed by atoms with E-state index in [2.05, 4.69) is 64.2 Å². The van der Waals surface area contributed by atoms with Gasteiger partial charge in [0, 0.05) is 25.7 Å². The molecule has 0 amide bonds. The van der Waals surface area contributed by atoms with Gasteiger partial charge in [-0.15, -0.1) is 0 Å². The Labute approximate surface area is 560 Å². The fourth-order valence-corrected chi connectivity index (χ4v) is 11.9. The Bertz CT molecular complexity index is 1900. The number of rotatable bonds is 71.